The Hall–Kier alpha value is -11.5. The van der Waals surface area contributed by atoms with Crippen molar-refractivity contribution < 1.29 is 96.3 Å². The smallest absolute Gasteiger partial charge is 0.407 e. The molecule has 136 heavy (non-hydrogen) atoms. The van der Waals surface area contributed by atoms with E-state index in [-0.39, 0.29) is 108 Å². The van der Waals surface area contributed by atoms with Crippen LogP contribution in [0.1, 0.15) is 158 Å². The summed E-state index contributed by atoms with van der Waals surface area (Å²) in [6, 6.07) is 7.79. The number of piperazine rings is 1. The van der Waals surface area contributed by atoms with Gasteiger partial charge in [0.1, 0.15) is 65.5 Å². The number of carbonyl (C=O) groups is 8. The topological polar surface area (TPSA) is 519 Å². The van der Waals surface area contributed by atoms with E-state index in [4.69, 9.17) is 64.9 Å². The third-order valence-corrected chi connectivity index (χ3v) is 26.5. The zero-order valence-corrected chi connectivity index (χ0v) is 78.9. The van der Waals surface area contributed by atoms with Gasteiger partial charge < -0.3 is 110 Å². The number of aromatic amines is 1. The van der Waals surface area contributed by atoms with Crippen molar-refractivity contribution in [1.82, 2.24) is 70.1 Å². The second kappa shape index (κ2) is 48.5. The number of carbonyl (C=O) groups excluding carboxylic acids is 8. The molecule has 0 radical (unpaired) electrons. The maximum Gasteiger partial charge on any atom is 0.407 e. The molecule has 13 rings (SSSR count). The van der Waals surface area contributed by atoms with E-state index in [9.17, 15) is 53.7 Å². The maximum atomic E-state index is 14.7. The number of methoxy groups -OCH3 is 2. The van der Waals surface area contributed by atoms with Gasteiger partial charge in [-0.3, -0.25) is 28.8 Å². The number of hydrogen-bond acceptors (Lipinski definition) is 33. The molecule has 15 atom stereocenters. The number of pyridine rings is 1. The molecule has 11 heterocycles. The standard InChI is InChI=1S/C97H131N19O20/c1-58-14-10-9-11-15-59(2)77(128-7)47-72-21-17-63(6)97(127,136-72)87(122)92(124)115-26-13-12-16-74(115)93(125)134-78(48-75(117)60(3)41-62(5)85(120)86(121)84(119)61(4)40-58)73(98)43-64-19-22-76(79(44-64)129-8)135-96(126)101-25-33-131-35-37-133-39-38-132-36-34-130-32-24-81(118)102-49-66-50-104-94(105-51-66)112-28-30-113(31-29-112)95-106-53-71(54-107-95)91(123)114-27-23-67-42-65(18-20-68(67)56-114)55-116-90-82(88(100)108-57-109-90)83(111-116)70-45-69-46-80(99)110-89(69)103-52-70/h9-11,14-15,18,20,41-42,45-46,50-54,57-58,60-61,63-64,72-74,76-79,85-86,120-121,127H,12-13,16-17,19,21-40,43-44,47-49,55-56,98-99H2,1-8H3,(H,101,126)(H,102,118)(H,103,110)(H2,100,108,109)/b11-9+,14-10+,59-15+,62-41+/t58-,60-,61-,63-,64+,72+,73-,74+,76-,77+,78+,79-,85-,86+,97-/m1/s1. The van der Waals surface area contributed by atoms with Crippen LogP contribution in [0, 0.1) is 29.6 Å². The van der Waals surface area contributed by atoms with Crippen LogP contribution in [-0.4, -0.2) is 295 Å². The molecule has 6 aromatic heterocycles. The summed E-state index contributed by atoms with van der Waals surface area (Å²) in [5.41, 5.74) is 27.5. The third-order valence-electron chi connectivity index (χ3n) is 26.5. The van der Waals surface area contributed by atoms with Crippen LogP contribution >= 0.6 is 0 Å². The first kappa shape index (κ1) is 102. The average molecular weight is 1880 g/mol. The summed E-state index contributed by atoms with van der Waals surface area (Å²) in [5, 5.41) is 46.7. The Labute approximate surface area is 790 Å². The highest BCUT2D eigenvalue weighted by Gasteiger charge is 2.53. The van der Waals surface area contributed by atoms with E-state index in [0.717, 1.165) is 43.7 Å². The summed E-state index contributed by atoms with van der Waals surface area (Å²) < 4.78 is 54.4. The Morgan fingerprint density at radius 2 is 1.40 bits per heavy atom. The van der Waals surface area contributed by atoms with E-state index in [0.29, 0.717) is 175 Å². The Morgan fingerprint density at radius 1 is 0.699 bits per heavy atom. The van der Waals surface area contributed by atoms with E-state index < -0.39 is 120 Å². The van der Waals surface area contributed by atoms with Crippen molar-refractivity contribution in [2.75, 3.05) is 134 Å². The number of hydrogen-bond donors (Lipinski definition) is 9. The molecule has 4 fully saturated rings. The molecule has 1 aromatic carbocycles. The minimum atomic E-state index is -2.52. The second-order valence-corrected chi connectivity index (χ2v) is 36.4. The number of allylic oxidation sites excluding steroid dienone is 6. The summed E-state index contributed by atoms with van der Waals surface area (Å²) in [4.78, 5) is 153. The number of nitrogens with zero attached hydrogens (tertiary/aromatic N) is 13. The van der Waals surface area contributed by atoms with Gasteiger partial charge in [0.25, 0.3) is 17.6 Å². The van der Waals surface area contributed by atoms with Gasteiger partial charge in [-0.25, -0.2) is 49.2 Å². The summed E-state index contributed by atoms with van der Waals surface area (Å²) in [7, 11) is 3.05. The fourth-order valence-corrected chi connectivity index (χ4v) is 18.5. The number of ketones is 3. The minimum Gasteiger partial charge on any atom is -0.459 e. The number of nitrogens with one attached hydrogen (secondary N) is 3. The number of aliphatic hydroxyl groups is 3. The van der Waals surface area contributed by atoms with Crippen LogP contribution in [0.5, 0.6) is 0 Å². The zero-order chi connectivity index (χ0) is 96.7. The predicted octanol–water partition coefficient (Wildman–Crippen LogP) is 6.73. The van der Waals surface area contributed by atoms with Crippen LogP contribution in [-0.2, 0) is 97.5 Å². The van der Waals surface area contributed by atoms with Crippen molar-refractivity contribution >= 4 is 92.7 Å². The Kier molecular flexibility index (Phi) is 36.3. The lowest BCUT2D eigenvalue weighted by molar-refractivity contribution is -0.265. The summed E-state index contributed by atoms with van der Waals surface area (Å²) in [6.07, 6.45) is 17.2. The van der Waals surface area contributed by atoms with Gasteiger partial charge in [-0.2, -0.15) is 5.10 Å². The lowest BCUT2D eigenvalue weighted by Crippen LogP contribution is -2.61. The first-order valence-corrected chi connectivity index (χ1v) is 47.2. The lowest BCUT2D eigenvalue weighted by atomic mass is 9.80. The van der Waals surface area contributed by atoms with Crippen LogP contribution in [0.2, 0.25) is 0 Å². The highest BCUT2D eigenvalue weighted by Crippen LogP contribution is 2.39. The van der Waals surface area contributed by atoms with Gasteiger partial charge in [0.05, 0.1) is 88.7 Å². The molecule has 6 aliphatic rings. The molecule has 12 N–H and O–H groups in total. The van der Waals surface area contributed by atoms with E-state index in [1.54, 1.807) is 58.9 Å². The van der Waals surface area contributed by atoms with Crippen molar-refractivity contribution in [3.8, 4) is 11.3 Å². The number of aliphatic hydroxyl groups excluding tert-OH is 2. The van der Waals surface area contributed by atoms with Gasteiger partial charge >= 0.3 is 12.1 Å². The molecule has 7 aromatic rings. The van der Waals surface area contributed by atoms with Crippen LogP contribution in [0.15, 0.2) is 115 Å². The number of esters is 1. The normalized spacial score (nSPS) is 26.6. The number of H-pyrrole nitrogens is 1. The molecule has 1 aliphatic carbocycles. The molecular formula is C97H131N19O20. The number of Topliss-reactive ketones (excluding diaryl/α,β-unsaturated/α-hetero) is 3. The number of alkyl carbamates (subject to hydrolysis) is 1. The number of nitrogen functional groups attached to an aromatic ring is 2. The van der Waals surface area contributed by atoms with Crippen molar-refractivity contribution in [2.24, 2.45) is 35.3 Å². The lowest BCUT2D eigenvalue weighted by Gasteiger charge is -2.42. The number of anilines is 4. The van der Waals surface area contributed by atoms with Crippen molar-refractivity contribution in [3.63, 3.8) is 0 Å². The molecule has 0 unspecified atom stereocenters. The van der Waals surface area contributed by atoms with E-state index in [1.165, 1.54) is 26.4 Å². The number of piperidine rings is 1. The fourth-order valence-electron chi connectivity index (χ4n) is 18.5. The van der Waals surface area contributed by atoms with E-state index in [2.05, 4.69) is 72.4 Å². The molecule has 1 saturated carbocycles. The molecule has 3 saturated heterocycles. The van der Waals surface area contributed by atoms with Gasteiger partial charge in [0.2, 0.25) is 23.6 Å². The van der Waals surface area contributed by atoms with E-state index in [1.807, 2.05) is 72.0 Å². The number of benzene rings is 1. The molecule has 0 spiro atoms. The van der Waals surface area contributed by atoms with Crippen LogP contribution in [0.4, 0.5) is 28.3 Å². The van der Waals surface area contributed by atoms with Gasteiger partial charge in [-0.15, -0.1) is 0 Å². The van der Waals surface area contributed by atoms with Gasteiger partial charge in [-0.1, -0.05) is 82.4 Å². The molecule has 39 nitrogen and oxygen atoms in total. The first-order chi connectivity index (χ1) is 65.5. The summed E-state index contributed by atoms with van der Waals surface area (Å²) >= 11 is 0. The number of fused-ring (bicyclic) bond motifs is 6. The molecule has 4 amide bonds. The number of ether oxygens (including phenoxy) is 9. The number of cyclic esters (lactones) is 1. The van der Waals surface area contributed by atoms with Crippen LogP contribution in [0.25, 0.3) is 33.3 Å². The van der Waals surface area contributed by atoms with Gasteiger partial charge in [-0.05, 0) is 136 Å². The van der Waals surface area contributed by atoms with Gasteiger partial charge in [0.15, 0.2) is 11.4 Å². The molecule has 2 bridgehead atoms. The van der Waals surface area contributed by atoms with Crippen molar-refractivity contribution in [2.45, 2.75) is 212 Å². The van der Waals surface area contributed by atoms with E-state index >= 15 is 0 Å². The SMILES string of the molecule is CO[C@H]1C[C@@H]2CC[C@@H](C)[C@@](O)(O2)C(=O)C(=O)N2CCCC[C@H]2C(=O)O[C@H]([C@H](N)C[C@@H]2CC[C@@H](OC(=O)NCCOCCOCCOCCOCCC(=O)NCc3cnc(N4CCN(c5ncc(C(=O)N6CCc7cc(Cn8nc(-c9cnc%10[nH]c(N)cc%10c9)c9c(N)ncnc98)ccc7C6)cn5)CC4)nc3)[C@H](OC)C2)CC(=O)[C@H](C)/C=C(\C)[C@@H](O)[C@@H](O)C(=O)[C@H](C)C[C@H](C)/C=C/C=C/C=C/1C. The van der Waals surface area contributed by atoms with Crippen molar-refractivity contribution in [1.29, 1.82) is 0 Å². The molecule has 5 aliphatic heterocycles. The fraction of sp³-hybridized carbons (Fsp3) is 0.567. The first-order valence-electron chi connectivity index (χ1n) is 47.2. The Bertz CT molecular complexity index is 5390. The zero-order valence-electron chi connectivity index (χ0n) is 78.9. The number of aromatic nitrogens is 10. The maximum absolute atomic E-state index is 14.7. The highest BCUT2D eigenvalue weighted by molar-refractivity contribution is 6.39. The monoisotopic (exact) mass is 1880 g/mol. The van der Waals surface area contributed by atoms with Crippen LogP contribution in [0.3, 0.4) is 0 Å². The molecule has 734 valence electrons. The molecule has 39 heteroatoms. The predicted molar refractivity (Wildman–Crippen MR) is 503 cm³/mol. The summed E-state index contributed by atoms with van der Waals surface area (Å²) in [5.74, 6) is -7.76. The average Bonchev–Trinajstić information content (AvgIpc) is 1.59. The number of amides is 4. The Morgan fingerprint density at radius 3 is 2.12 bits per heavy atom. The van der Waals surface area contributed by atoms with Gasteiger partial charge in [0, 0.05) is 164 Å². The quantitative estimate of drug-likeness (QED) is 0.0102. The minimum absolute atomic E-state index is 0.00786. The summed E-state index contributed by atoms with van der Waals surface area (Å²) in [6.45, 7) is 16.6. The second-order valence-electron chi connectivity index (χ2n) is 36.4. The van der Waals surface area contributed by atoms with Crippen molar-refractivity contribution in [3.05, 3.63) is 143 Å². The Balaban J connectivity index is 0.474. The van der Waals surface area contributed by atoms with Crippen LogP contribution < -0.4 is 37.6 Å². The number of rotatable bonds is 29. The number of nitrogens with two attached hydrogens (primary N) is 3. The largest absolute Gasteiger partial charge is 0.459 e. The highest BCUT2D eigenvalue weighted by atomic mass is 16.6. The third kappa shape index (κ3) is 26.6. The molecular weight excluding hydrogens is 1750 g/mol.